The largest absolute Gasteiger partial charge is 0.137 e. The molecule has 0 fully saturated rings. The summed E-state index contributed by atoms with van der Waals surface area (Å²) in [7, 11) is 3.01. The fourth-order valence-corrected chi connectivity index (χ4v) is 3.92. The van der Waals surface area contributed by atoms with Crippen LogP contribution >= 0.6 is 33.2 Å². The van der Waals surface area contributed by atoms with Crippen molar-refractivity contribution in [3.8, 4) is 0 Å². The van der Waals surface area contributed by atoms with E-state index in [-0.39, 0.29) is 29.4 Å². The Labute approximate surface area is 171 Å². The highest BCUT2D eigenvalue weighted by Crippen LogP contribution is 2.34. The van der Waals surface area contributed by atoms with E-state index in [2.05, 4.69) is 100 Å². The van der Waals surface area contributed by atoms with Crippen LogP contribution in [0.3, 0.4) is 0 Å². The van der Waals surface area contributed by atoms with Crippen LogP contribution in [0.1, 0.15) is 16.7 Å². The lowest BCUT2D eigenvalue weighted by Gasteiger charge is -2.34. The molecule has 0 spiro atoms. The smallest absolute Gasteiger partial charge is 0.0142 e. The summed E-state index contributed by atoms with van der Waals surface area (Å²) in [5.41, 5.74) is 4.49. The van der Waals surface area contributed by atoms with Crippen LogP contribution in [0.2, 0.25) is 0 Å². The number of hydrogen-bond donors (Lipinski definition) is 0. The van der Waals surface area contributed by atoms with E-state index in [9.17, 15) is 0 Å². The van der Waals surface area contributed by atoms with Crippen molar-refractivity contribution in [2.45, 2.75) is 19.3 Å². The van der Waals surface area contributed by atoms with Crippen molar-refractivity contribution in [1.82, 2.24) is 0 Å². The van der Waals surface area contributed by atoms with Gasteiger partial charge >= 0.3 is 0 Å². The lowest BCUT2D eigenvalue weighted by Crippen LogP contribution is -2.31. The highest BCUT2D eigenvalue weighted by molar-refractivity contribution is 14.0. The van der Waals surface area contributed by atoms with E-state index in [0.29, 0.717) is 0 Å². The predicted molar refractivity (Wildman–Crippen MR) is 123 cm³/mol. The highest BCUT2D eigenvalue weighted by Gasteiger charge is 2.29. The van der Waals surface area contributed by atoms with Crippen LogP contribution in [0.4, 0.5) is 0 Å². The van der Waals surface area contributed by atoms with E-state index in [1.165, 1.54) is 16.7 Å². The molecule has 0 aliphatic carbocycles. The van der Waals surface area contributed by atoms with Gasteiger partial charge in [-0.25, -0.2) is 0 Å². The Balaban J connectivity index is 0.00000225. The lowest BCUT2D eigenvalue weighted by atomic mass is 9.74. The Morgan fingerprint density at radius 3 is 1.04 bits per heavy atom. The van der Waals surface area contributed by atoms with Gasteiger partial charge in [-0.1, -0.05) is 91.0 Å². The van der Waals surface area contributed by atoms with Crippen LogP contribution in [0.15, 0.2) is 91.0 Å². The van der Waals surface area contributed by atoms with E-state index < -0.39 is 0 Å². The molecule has 3 aromatic carbocycles. The maximum atomic E-state index is 3.01. The van der Waals surface area contributed by atoms with Crippen LogP contribution in [0.25, 0.3) is 0 Å². The Morgan fingerprint density at radius 1 is 0.520 bits per heavy atom. The molecule has 0 aliphatic heterocycles. The van der Waals surface area contributed by atoms with Crippen molar-refractivity contribution in [1.29, 1.82) is 0 Å². The number of halogens is 1. The molecule has 0 amide bonds. The first-order valence-electron chi connectivity index (χ1n) is 8.62. The first-order chi connectivity index (χ1) is 11.8. The van der Waals surface area contributed by atoms with E-state index in [4.69, 9.17) is 0 Å². The zero-order valence-electron chi connectivity index (χ0n) is 14.5. The summed E-state index contributed by atoms with van der Waals surface area (Å²) in [5, 5.41) is 0. The molecule has 0 saturated carbocycles. The van der Waals surface area contributed by atoms with Gasteiger partial charge in [-0.15, -0.1) is 33.2 Å². The average Bonchev–Trinajstić information content (AvgIpc) is 2.64. The maximum Gasteiger partial charge on any atom is -0.0142 e. The Bertz CT molecular complexity index is 624. The molecule has 0 heterocycles. The Morgan fingerprint density at radius 2 is 0.800 bits per heavy atom. The minimum Gasteiger partial charge on any atom is -0.137 e. The molecule has 25 heavy (non-hydrogen) atoms. The molecule has 0 saturated heterocycles. The molecule has 0 aliphatic rings. The number of hydrogen-bond acceptors (Lipinski definition) is 0. The third-order valence-corrected chi connectivity index (χ3v) is 5.56. The first kappa shape index (κ1) is 20.1. The molecule has 3 aromatic rings. The topological polar surface area (TPSA) is 0 Å². The normalized spacial score (nSPS) is 10.9. The second-order valence-electron chi connectivity index (χ2n) is 6.69. The maximum absolute atomic E-state index is 3.01. The SMILES string of the molecule is I.PCC(Cc1ccccc1)(Cc1ccccc1)Cc1ccccc1. The first-order valence-corrected chi connectivity index (χ1v) is 9.43. The Hall–Kier alpha value is -1.18. The molecule has 1 unspecified atom stereocenters. The van der Waals surface area contributed by atoms with Crippen LogP contribution in [0, 0.1) is 5.41 Å². The van der Waals surface area contributed by atoms with Gasteiger partial charge in [-0.2, -0.15) is 0 Å². The Kier molecular flexibility index (Phi) is 8.12. The summed E-state index contributed by atoms with van der Waals surface area (Å²) >= 11 is 0. The van der Waals surface area contributed by atoms with Gasteiger partial charge < -0.3 is 0 Å². The monoisotopic (exact) mass is 460 g/mol. The van der Waals surface area contributed by atoms with Gasteiger partial charge in [0, 0.05) is 0 Å². The second kappa shape index (κ2) is 10.1. The zero-order chi connectivity index (χ0) is 16.7. The lowest BCUT2D eigenvalue weighted by molar-refractivity contribution is 0.324. The summed E-state index contributed by atoms with van der Waals surface area (Å²) in [5.74, 6) is 0. The van der Waals surface area contributed by atoms with Gasteiger partial charge in [0.05, 0.1) is 0 Å². The minimum atomic E-state index is 0. The van der Waals surface area contributed by atoms with Crippen LogP contribution in [0.5, 0.6) is 0 Å². The van der Waals surface area contributed by atoms with Crippen molar-refractivity contribution in [3.63, 3.8) is 0 Å². The van der Waals surface area contributed by atoms with E-state index in [1.807, 2.05) is 0 Å². The van der Waals surface area contributed by atoms with Gasteiger partial charge in [0.1, 0.15) is 0 Å². The summed E-state index contributed by atoms with van der Waals surface area (Å²) in [6.45, 7) is 0. The van der Waals surface area contributed by atoms with E-state index >= 15 is 0 Å². The van der Waals surface area contributed by atoms with Gasteiger partial charge in [-0.05, 0) is 47.5 Å². The zero-order valence-corrected chi connectivity index (χ0v) is 18.0. The average molecular weight is 460 g/mol. The summed E-state index contributed by atoms with van der Waals surface area (Å²) < 4.78 is 0. The van der Waals surface area contributed by atoms with E-state index in [1.54, 1.807) is 0 Å². The fraction of sp³-hybridized carbons (Fsp3) is 0.217. The molecule has 0 N–H and O–H groups in total. The number of benzene rings is 3. The molecule has 0 radical (unpaired) electrons. The number of rotatable bonds is 7. The quantitative estimate of drug-likeness (QED) is 0.291. The van der Waals surface area contributed by atoms with Gasteiger partial charge in [0.25, 0.3) is 0 Å². The highest BCUT2D eigenvalue weighted by atomic mass is 127. The fourth-order valence-electron chi connectivity index (χ4n) is 3.49. The van der Waals surface area contributed by atoms with Crippen molar-refractivity contribution < 1.29 is 0 Å². The molecule has 3 rings (SSSR count). The van der Waals surface area contributed by atoms with Gasteiger partial charge in [0.15, 0.2) is 0 Å². The molecule has 130 valence electrons. The third kappa shape index (κ3) is 5.94. The predicted octanol–water partition coefficient (Wildman–Crippen LogP) is 6.19. The molecule has 1 atom stereocenters. The molecular weight excluding hydrogens is 434 g/mol. The van der Waals surface area contributed by atoms with Crippen molar-refractivity contribution in [2.75, 3.05) is 6.16 Å². The molecule has 0 bridgehead atoms. The minimum absolute atomic E-state index is 0. The summed E-state index contributed by atoms with van der Waals surface area (Å²) in [4.78, 5) is 0. The molecule has 0 nitrogen and oxygen atoms in total. The molecule has 0 aromatic heterocycles. The summed E-state index contributed by atoms with van der Waals surface area (Å²) in [6.07, 6.45) is 4.38. The summed E-state index contributed by atoms with van der Waals surface area (Å²) in [6, 6.07) is 32.7. The molecular formula is C23H26IP. The third-order valence-electron chi connectivity index (χ3n) is 4.70. The standard InChI is InChI=1S/C23H25P.HI/c24-19-23(16-20-10-4-1-5-11-20,17-21-12-6-2-7-13-21)18-22-14-8-3-9-15-22;/h1-15H,16-19,24H2;1H. The molecule has 2 heteroatoms. The van der Waals surface area contributed by atoms with Crippen molar-refractivity contribution >= 4 is 33.2 Å². The van der Waals surface area contributed by atoms with Gasteiger partial charge in [-0.3, -0.25) is 0 Å². The van der Waals surface area contributed by atoms with Crippen molar-refractivity contribution in [3.05, 3.63) is 108 Å². The van der Waals surface area contributed by atoms with Crippen LogP contribution in [-0.2, 0) is 19.3 Å². The second-order valence-corrected chi connectivity index (χ2v) is 7.10. The van der Waals surface area contributed by atoms with Crippen molar-refractivity contribution in [2.24, 2.45) is 5.41 Å². The van der Waals surface area contributed by atoms with Gasteiger partial charge in [0.2, 0.25) is 0 Å². The van der Waals surface area contributed by atoms with E-state index in [0.717, 1.165) is 25.4 Å². The van der Waals surface area contributed by atoms with Crippen LogP contribution < -0.4 is 0 Å². The van der Waals surface area contributed by atoms with Crippen LogP contribution in [-0.4, -0.2) is 6.16 Å².